The van der Waals surface area contributed by atoms with Crippen LogP contribution in [-0.2, 0) is 6.42 Å². The van der Waals surface area contributed by atoms with Gasteiger partial charge in [-0.1, -0.05) is 19.8 Å². The highest BCUT2D eigenvalue weighted by Gasteiger charge is 2.30. The normalized spacial score (nSPS) is 23.9. The molecular weight excluding hydrogens is 266 g/mol. The van der Waals surface area contributed by atoms with Crippen molar-refractivity contribution in [2.24, 2.45) is 0 Å². The number of hydrogen-bond acceptors (Lipinski definition) is 2. The first kappa shape index (κ1) is 13.9. The summed E-state index contributed by atoms with van der Waals surface area (Å²) in [5, 5.41) is 0.110. The van der Waals surface area contributed by atoms with E-state index in [0.717, 1.165) is 24.1 Å². The Kier molecular flexibility index (Phi) is 4.68. The SMILES string of the molecule is CCc1ccc(C(=O)N(C)C2CCCCC2Cl)s1. The third kappa shape index (κ3) is 2.89. The second-order valence-corrected chi connectivity index (χ2v) is 6.63. The van der Waals surface area contributed by atoms with Crippen LogP contribution in [0.2, 0.25) is 0 Å². The van der Waals surface area contributed by atoms with E-state index in [9.17, 15) is 4.79 Å². The number of rotatable bonds is 3. The molecule has 1 saturated carbocycles. The van der Waals surface area contributed by atoms with Crippen molar-refractivity contribution in [1.29, 1.82) is 0 Å². The van der Waals surface area contributed by atoms with Gasteiger partial charge in [0.05, 0.1) is 10.3 Å². The van der Waals surface area contributed by atoms with Crippen molar-refractivity contribution in [2.45, 2.75) is 50.4 Å². The van der Waals surface area contributed by atoms with Crippen LogP contribution in [0.1, 0.15) is 47.2 Å². The highest BCUT2D eigenvalue weighted by atomic mass is 35.5. The number of thiophene rings is 1. The summed E-state index contributed by atoms with van der Waals surface area (Å²) in [7, 11) is 1.89. The third-order valence-corrected chi connectivity index (χ3v) is 5.41. The predicted molar refractivity (Wildman–Crippen MR) is 77.7 cm³/mol. The molecule has 2 atom stereocenters. The quantitative estimate of drug-likeness (QED) is 0.771. The molecule has 1 aromatic heterocycles. The van der Waals surface area contributed by atoms with Gasteiger partial charge < -0.3 is 4.90 Å². The third-order valence-electron chi connectivity index (χ3n) is 3.69. The van der Waals surface area contributed by atoms with Crippen LogP contribution in [0, 0.1) is 0 Å². The molecule has 0 N–H and O–H groups in total. The van der Waals surface area contributed by atoms with E-state index in [4.69, 9.17) is 11.6 Å². The summed E-state index contributed by atoms with van der Waals surface area (Å²) in [6, 6.07) is 4.18. The minimum absolute atomic E-state index is 0.110. The fourth-order valence-corrected chi connectivity index (χ4v) is 3.89. The van der Waals surface area contributed by atoms with Gasteiger partial charge in [-0.05, 0) is 31.4 Å². The van der Waals surface area contributed by atoms with Crippen molar-refractivity contribution in [3.05, 3.63) is 21.9 Å². The minimum atomic E-state index is 0.110. The first-order valence-electron chi connectivity index (χ1n) is 6.63. The van der Waals surface area contributed by atoms with Gasteiger partial charge in [-0.2, -0.15) is 0 Å². The van der Waals surface area contributed by atoms with Crippen molar-refractivity contribution in [1.82, 2.24) is 4.90 Å². The van der Waals surface area contributed by atoms with Crippen LogP contribution in [0.5, 0.6) is 0 Å². The summed E-state index contributed by atoms with van der Waals surface area (Å²) < 4.78 is 0. The number of amides is 1. The summed E-state index contributed by atoms with van der Waals surface area (Å²) in [6.45, 7) is 2.11. The van der Waals surface area contributed by atoms with Gasteiger partial charge in [-0.25, -0.2) is 0 Å². The van der Waals surface area contributed by atoms with E-state index in [1.165, 1.54) is 17.7 Å². The lowest BCUT2D eigenvalue weighted by molar-refractivity contribution is 0.0705. The lowest BCUT2D eigenvalue weighted by atomic mass is 9.94. The van der Waals surface area contributed by atoms with Gasteiger partial charge in [0.15, 0.2) is 0 Å². The molecule has 18 heavy (non-hydrogen) atoms. The van der Waals surface area contributed by atoms with Crippen LogP contribution in [0.3, 0.4) is 0 Å². The Labute approximate surface area is 118 Å². The molecule has 1 aromatic rings. The van der Waals surface area contributed by atoms with Crippen molar-refractivity contribution in [3.8, 4) is 0 Å². The van der Waals surface area contributed by atoms with Crippen LogP contribution < -0.4 is 0 Å². The van der Waals surface area contributed by atoms with Gasteiger partial charge in [0.2, 0.25) is 0 Å². The largest absolute Gasteiger partial charge is 0.337 e. The van der Waals surface area contributed by atoms with Gasteiger partial charge in [-0.3, -0.25) is 4.79 Å². The number of hydrogen-bond donors (Lipinski definition) is 0. The molecular formula is C14H20ClNOS. The van der Waals surface area contributed by atoms with Crippen LogP contribution in [0.4, 0.5) is 0 Å². The summed E-state index contributed by atoms with van der Waals surface area (Å²) in [6.07, 6.45) is 5.40. The summed E-state index contributed by atoms with van der Waals surface area (Å²) in [5.74, 6) is 0.122. The average Bonchev–Trinajstić information content (AvgIpc) is 2.86. The second kappa shape index (κ2) is 6.07. The molecule has 1 aliphatic rings. The fraction of sp³-hybridized carbons (Fsp3) is 0.643. The second-order valence-electron chi connectivity index (χ2n) is 4.90. The monoisotopic (exact) mass is 285 g/mol. The standard InChI is InChI=1S/C14H20ClNOS/c1-3-10-8-9-13(18-10)14(17)16(2)12-7-5-4-6-11(12)15/h8-9,11-12H,3-7H2,1-2H3. The smallest absolute Gasteiger partial charge is 0.263 e. The molecule has 2 nitrogen and oxygen atoms in total. The number of carbonyl (C=O) groups is 1. The van der Waals surface area contributed by atoms with Crippen molar-refractivity contribution in [3.63, 3.8) is 0 Å². The maximum absolute atomic E-state index is 12.4. The Hall–Kier alpha value is -0.540. The maximum Gasteiger partial charge on any atom is 0.263 e. The lowest BCUT2D eigenvalue weighted by Gasteiger charge is -2.34. The molecule has 0 aromatic carbocycles. The molecule has 1 heterocycles. The van der Waals surface area contributed by atoms with Crippen molar-refractivity contribution >= 4 is 28.8 Å². The lowest BCUT2D eigenvalue weighted by Crippen LogP contribution is -2.44. The first-order chi connectivity index (χ1) is 8.63. The number of carbonyl (C=O) groups excluding carboxylic acids is 1. The van der Waals surface area contributed by atoms with E-state index in [1.807, 2.05) is 24.1 Å². The summed E-state index contributed by atoms with van der Waals surface area (Å²) in [5.41, 5.74) is 0. The molecule has 4 heteroatoms. The Morgan fingerprint density at radius 3 is 2.78 bits per heavy atom. The number of nitrogens with zero attached hydrogens (tertiary/aromatic N) is 1. The highest BCUT2D eigenvalue weighted by Crippen LogP contribution is 2.28. The molecule has 100 valence electrons. The molecule has 1 fully saturated rings. The van der Waals surface area contributed by atoms with Crippen LogP contribution >= 0.6 is 22.9 Å². The van der Waals surface area contributed by atoms with Crippen LogP contribution in [-0.4, -0.2) is 29.3 Å². The number of halogens is 1. The molecule has 1 aliphatic carbocycles. The predicted octanol–water partition coefficient (Wildman–Crippen LogP) is 3.93. The molecule has 2 rings (SSSR count). The van der Waals surface area contributed by atoms with E-state index in [-0.39, 0.29) is 17.3 Å². The van der Waals surface area contributed by atoms with E-state index < -0.39 is 0 Å². The Bertz CT molecular complexity index is 418. The van der Waals surface area contributed by atoms with E-state index >= 15 is 0 Å². The van der Waals surface area contributed by atoms with Gasteiger partial charge in [0.25, 0.3) is 5.91 Å². The molecule has 0 saturated heterocycles. The maximum atomic E-state index is 12.4. The summed E-state index contributed by atoms with van der Waals surface area (Å²) >= 11 is 7.95. The minimum Gasteiger partial charge on any atom is -0.337 e. The Morgan fingerprint density at radius 1 is 1.44 bits per heavy atom. The average molecular weight is 286 g/mol. The van der Waals surface area contributed by atoms with Gasteiger partial charge >= 0.3 is 0 Å². The topological polar surface area (TPSA) is 20.3 Å². The van der Waals surface area contributed by atoms with Crippen LogP contribution in [0.15, 0.2) is 12.1 Å². The zero-order valence-electron chi connectivity index (χ0n) is 11.0. The van der Waals surface area contributed by atoms with Crippen LogP contribution in [0.25, 0.3) is 0 Å². The van der Waals surface area contributed by atoms with E-state index in [0.29, 0.717) is 0 Å². The Morgan fingerprint density at radius 2 is 2.17 bits per heavy atom. The van der Waals surface area contributed by atoms with Gasteiger partial charge in [0, 0.05) is 18.0 Å². The molecule has 0 radical (unpaired) electrons. The van der Waals surface area contributed by atoms with Gasteiger partial charge in [0.1, 0.15) is 0 Å². The van der Waals surface area contributed by atoms with Gasteiger partial charge in [-0.15, -0.1) is 22.9 Å². The molecule has 2 unspecified atom stereocenters. The number of alkyl halides is 1. The van der Waals surface area contributed by atoms with Crippen molar-refractivity contribution in [2.75, 3.05) is 7.05 Å². The summed E-state index contributed by atoms with van der Waals surface area (Å²) in [4.78, 5) is 16.3. The molecule has 0 bridgehead atoms. The van der Waals surface area contributed by atoms with Crippen molar-refractivity contribution < 1.29 is 4.79 Å². The molecule has 0 spiro atoms. The first-order valence-corrected chi connectivity index (χ1v) is 7.88. The zero-order chi connectivity index (χ0) is 13.1. The molecule has 0 aliphatic heterocycles. The zero-order valence-corrected chi connectivity index (χ0v) is 12.6. The molecule has 1 amide bonds. The van der Waals surface area contributed by atoms with E-state index in [1.54, 1.807) is 11.3 Å². The van der Waals surface area contributed by atoms with E-state index in [2.05, 4.69) is 6.92 Å². The number of aryl methyl sites for hydroxylation is 1. The Balaban J connectivity index is 2.07. The highest BCUT2D eigenvalue weighted by molar-refractivity contribution is 7.14. The fourth-order valence-electron chi connectivity index (χ4n) is 2.51.